The van der Waals surface area contributed by atoms with Crippen molar-refractivity contribution in [1.29, 1.82) is 0 Å². The largest absolute Gasteiger partial charge is 0.341 e. The summed E-state index contributed by atoms with van der Waals surface area (Å²) in [7, 11) is 0. The number of nitrogens with zero attached hydrogens (tertiary/aromatic N) is 2. The number of fused-ring (bicyclic) bond motifs is 3. The summed E-state index contributed by atoms with van der Waals surface area (Å²) in [6.45, 7) is 6.00. The Morgan fingerprint density at radius 3 is 2.78 bits per heavy atom. The summed E-state index contributed by atoms with van der Waals surface area (Å²) >= 11 is 3.34. The highest BCUT2D eigenvalue weighted by Gasteiger charge is 2.22. The molecular weight excluding hydrogens is 374 g/mol. The fourth-order valence-electron chi connectivity index (χ4n) is 3.53. The quantitative estimate of drug-likeness (QED) is 0.630. The van der Waals surface area contributed by atoms with Crippen LogP contribution >= 0.6 is 23.5 Å². The predicted molar refractivity (Wildman–Crippen MR) is 120 cm³/mol. The van der Waals surface area contributed by atoms with Gasteiger partial charge in [-0.25, -0.2) is 0 Å². The average Bonchev–Trinajstić information content (AvgIpc) is 3.31. The third kappa shape index (κ3) is 3.60. The van der Waals surface area contributed by atoms with E-state index in [1.54, 1.807) is 23.5 Å². The summed E-state index contributed by atoms with van der Waals surface area (Å²) < 4.78 is 3.36. The number of aliphatic imine (C=N–C) groups is 1. The Labute approximate surface area is 167 Å². The first-order valence-corrected chi connectivity index (χ1v) is 11.2. The number of aryl methyl sites for hydroxylation is 1. The highest BCUT2D eigenvalue weighted by molar-refractivity contribution is 8.39. The number of nitrogens with one attached hydrogen (secondary N) is 1. The maximum Gasteiger partial charge on any atom is 0.237 e. The second-order valence-electron chi connectivity index (χ2n) is 6.49. The highest BCUT2D eigenvalue weighted by Crippen LogP contribution is 2.32. The standard InChI is InChI=1S/C21H23N3OS2/c1-3-19(27-21-22-11-12-26-21)20(25)23-14-9-10-18-16(13-14)15-7-5-6-8-17(15)24(18)4-2/h5-10,13,19H,3-4,11-12H2,1-2H3,(H,23,25). The van der Waals surface area contributed by atoms with Crippen molar-refractivity contribution in [3.63, 3.8) is 0 Å². The van der Waals surface area contributed by atoms with E-state index in [0.717, 1.165) is 35.3 Å². The number of hydrogen-bond acceptors (Lipinski definition) is 4. The summed E-state index contributed by atoms with van der Waals surface area (Å²) in [5.41, 5.74) is 3.29. The molecule has 1 aliphatic heterocycles. The molecule has 27 heavy (non-hydrogen) atoms. The molecule has 4 nitrogen and oxygen atoms in total. The van der Waals surface area contributed by atoms with Gasteiger partial charge < -0.3 is 9.88 Å². The highest BCUT2D eigenvalue weighted by atomic mass is 32.2. The Morgan fingerprint density at radius 2 is 2.04 bits per heavy atom. The monoisotopic (exact) mass is 397 g/mol. The van der Waals surface area contributed by atoms with Crippen LogP contribution in [0.3, 0.4) is 0 Å². The van der Waals surface area contributed by atoms with Crippen LogP contribution in [0.15, 0.2) is 47.5 Å². The minimum absolute atomic E-state index is 0.0521. The molecule has 0 bridgehead atoms. The van der Waals surface area contributed by atoms with Crippen molar-refractivity contribution < 1.29 is 4.79 Å². The van der Waals surface area contributed by atoms with Crippen LogP contribution in [0.5, 0.6) is 0 Å². The number of amides is 1. The Kier molecular flexibility index (Phi) is 5.45. The molecule has 0 saturated carbocycles. The molecule has 3 aromatic rings. The molecule has 6 heteroatoms. The molecule has 1 unspecified atom stereocenters. The predicted octanol–water partition coefficient (Wildman–Crippen LogP) is 5.37. The van der Waals surface area contributed by atoms with Gasteiger partial charge in [-0.15, -0.1) is 0 Å². The summed E-state index contributed by atoms with van der Waals surface area (Å²) in [5.74, 6) is 1.08. The molecule has 0 radical (unpaired) electrons. The van der Waals surface area contributed by atoms with Crippen LogP contribution in [0, 0.1) is 0 Å². The van der Waals surface area contributed by atoms with Crippen LogP contribution in [0.4, 0.5) is 5.69 Å². The third-order valence-electron chi connectivity index (χ3n) is 4.82. The first kappa shape index (κ1) is 18.4. The molecule has 0 fully saturated rings. The maximum absolute atomic E-state index is 12.8. The Hall–Kier alpha value is -1.92. The molecule has 1 atom stereocenters. The minimum atomic E-state index is -0.109. The zero-order valence-corrected chi connectivity index (χ0v) is 17.2. The van der Waals surface area contributed by atoms with Gasteiger partial charge in [0.25, 0.3) is 0 Å². The number of para-hydroxylation sites is 1. The van der Waals surface area contributed by atoms with Gasteiger partial charge in [-0.1, -0.05) is 48.6 Å². The number of benzene rings is 2. The number of carbonyl (C=O) groups is 1. The Morgan fingerprint density at radius 1 is 1.22 bits per heavy atom. The van der Waals surface area contributed by atoms with Gasteiger partial charge in [0.2, 0.25) is 5.91 Å². The molecule has 2 heterocycles. The van der Waals surface area contributed by atoms with Crippen molar-refractivity contribution in [2.75, 3.05) is 17.6 Å². The van der Waals surface area contributed by atoms with E-state index in [1.807, 2.05) is 6.07 Å². The van der Waals surface area contributed by atoms with Crippen molar-refractivity contribution in [1.82, 2.24) is 4.57 Å². The Bertz CT molecular complexity index is 1020. The van der Waals surface area contributed by atoms with Crippen LogP contribution in [-0.4, -0.2) is 32.4 Å². The van der Waals surface area contributed by atoms with E-state index in [2.05, 4.69) is 65.1 Å². The lowest BCUT2D eigenvalue weighted by Crippen LogP contribution is -2.25. The molecule has 0 aliphatic carbocycles. The van der Waals surface area contributed by atoms with E-state index in [4.69, 9.17) is 0 Å². The van der Waals surface area contributed by atoms with Gasteiger partial charge in [0, 0.05) is 39.8 Å². The molecule has 0 spiro atoms. The minimum Gasteiger partial charge on any atom is -0.341 e. The molecule has 2 aromatic carbocycles. The van der Waals surface area contributed by atoms with Crippen LogP contribution < -0.4 is 5.32 Å². The van der Waals surface area contributed by atoms with Gasteiger partial charge in [0.1, 0.15) is 4.38 Å². The van der Waals surface area contributed by atoms with Gasteiger partial charge in [-0.2, -0.15) is 0 Å². The van der Waals surface area contributed by atoms with E-state index in [9.17, 15) is 4.79 Å². The molecular formula is C21H23N3OS2. The summed E-state index contributed by atoms with van der Waals surface area (Å²) in [6, 6.07) is 14.7. The van der Waals surface area contributed by atoms with Crippen molar-refractivity contribution in [3.8, 4) is 0 Å². The summed E-state index contributed by atoms with van der Waals surface area (Å²) in [5, 5.41) is 5.42. The summed E-state index contributed by atoms with van der Waals surface area (Å²) in [6.07, 6.45) is 0.785. The third-order valence-corrected chi connectivity index (χ3v) is 7.39. The lowest BCUT2D eigenvalue weighted by Gasteiger charge is -2.14. The lowest BCUT2D eigenvalue weighted by molar-refractivity contribution is -0.115. The van der Waals surface area contributed by atoms with E-state index in [1.165, 1.54) is 21.8 Å². The number of hydrogen-bond donors (Lipinski definition) is 1. The van der Waals surface area contributed by atoms with Gasteiger partial charge in [0.05, 0.1) is 11.8 Å². The lowest BCUT2D eigenvalue weighted by atomic mass is 10.1. The second kappa shape index (κ2) is 7.98. The molecule has 1 aliphatic rings. The SMILES string of the molecule is CCC(SC1=NCCS1)C(=O)Nc1ccc2c(c1)c1ccccc1n2CC. The number of aromatic nitrogens is 1. The average molecular weight is 398 g/mol. The van der Waals surface area contributed by atoms with Crippen molar-refractivity contribution in [2.24, 2.45) is 4.99 Å². The second-order valence-corrected chi connectivity index (χ2v) is 9.03. The van der Waals surface area contributed by atoms with Crippen molar-refractivity contribution >= 4 is 61.3 Å². The molecule has 1 N–H and O–H groups in total. The van der Waals surface area contributed by atoms with E-state index < -0.39 is 0 Å². The van der Waals surface area contributed by atoms with Crippen LogP contribution in [0.1, 0.15) is 20.3 Å². The fourth-order valence-corrected chi connectivity index (χ4v) is 5.68. The van der Waals surface area contributed by atoms with Gasteiger partial charge in [-0.05, 0) is 37.6 Å². The number of rotatable bonds is 5. The van der Waals surface area contributed by atoms with Crippen molar-refractivity contribution in [3.05, 3.63) is 42.5 Å². The smallest absolute Gasteiger partial charge is 0.237 e. The first-order valence-electron chi connectivity index (χ1n) is 9.37. The van der Waals surface area contributed by atoms with Gasteiger partial charge in [-0.3, -0.25) is 9.79 Å². The molecule has 140 valence electrons. The van der Waals surface area contributed by atoms with Gasteiger partial charge in [0.15, 0.2) is 0 Å². The topological polar surface area (TPSA) is 46.4 Å². The zero-order valence-electron chi connectivity index (χ0n) is 15.6. The fraction of sp³-hybridized carbons (Fsp3) is 0.333. The van der Waals surface area contributed by atoms with Crippen LogP contribution in [-0.2, 0) is 11.3 Å². The molecule has 1 amide bonds. The molecule has 0 saturated heterocycles. The summed E-state index contributed by atoms with van der Waals surface area (Å²) in [4.78, 5) is 17.3. The molecule has 1 aromatic heterocycles. The Balaban J connectivity index is 1.62. The first-order chi connectivity index (χ1) is 13.2. The van der Waals surface area contributed by atoms with Crippen LogP contribution in [0.25, 0.3) is 21.8 Å². The maximum atomic E-state index is 12.8. The number of anilines is 1. The molecule has 4 rings (SSSR count). The zero-order chi connectivity index (χ0) is 18.8. The van der Waals surface area contributed by atoms with E-state index in [-0.39, 0.29) is 11.2 Å². The van der Waals surface area contributed by atoms with E-state index >= 15 is 0 Å². The number of carbonyl (C=O) groups excluding carboxylic acids is 1. The van der Waals surface area contributed by atoms with Gasteiger partial charge >= 0.3 is 0 Å². The number of thioether (sulfide) groups is 2. The normalized spacial score (nSPS) is 15.3. The van der Waals surface area contributed by atoms with Crippen molar-refractivity contribution in [2.45, 2.75) is 32.1 Å². The van der Waals surface area contributed by atoms with E-state index in [0.29, 0.717) is 0 Å². The van der Waals surface area contributed by atoms with Crippen LogP contribution in [0.2, 0.25) is 0 Å².